The zero-order valence-corrected chi connectivity index (χ0v) is 12.8. The summed E-state index contributed by atoms with van der Waals surface area (Å²) in [6, 6.07) is 4.13. The predicted octanol–water partition coefficient (Wildman–Crippen LogP) is 3.41. The van der Waals surface area contributed by atoms with E-state index in [-0.39, 0.29) is 6.61 Å². The number of methoxy groups -OCH3 is 1. The Morgan fingerprint density at radius 2 is 1.90 bits per heavy atom. The van der Waals surface area contributed by atoms with Gasteiger partial charge in [-0.15, -0.1) is 0 Å². The second kappa shape index (κ2) is 5.77. The van der Waals surface area contributed by atoms with Crippen molar-refractivity contribution in [3.63, 3.8) is 0 Å². The van der Waals surface area contributed by atoms with Gasteiger partial charge >= 0.3 is 0 Å². The predicted molar refractivity (Wildman–Crippen MR) is 78.9 cm³/mol. The lowest BCUT2D eigenvalue weighted by atomic mass is 10.1. The standard InChI is InChI=1S/C15H17ClN2O2/c1-9-5-10(2)14(11(3)6-9)18-15(16)12(7-19)13(17-18)8-20-4/h5-7H,8H2,1-4H3. The van der Waals surface area contributed by atoms with Crippen LogP contribution in [0.25, 0.3) is 5.69 Å². The fourth-order valence-corrected chi connectivity index (χ4v) is 2.74. The van der Waals surface area contributed by atoms with Crippen molar-refractivity contribution in [2.45, 2.75) is 27.4 Å². The molecule has 2 rings (SSSR count). The van der Waals surface area contributed by atoms with Gasteiger partial charge in [-0.25, -0.2) is 4.68 Å². The number of aromatic nitrogens is 2. The molecule has 0 saturated heterocycles. The van der Waals surface area contributed by atoms with Gasteiger partial charge in [0.15, 0.2) is 6.29 Å². The number of aryl methyl sites for hydroxylation is 3. The third-order valence-corrected chi connectivity index (χ3v) is 3.55. The summed E-state index contributed by atoms with van der Waals surface area (Å²) in [6.07, 6.45) is 0.721. The van der Waals surface area contributed by atoms with E-state index >= 15 is 0 Å². The molecule has 1 aromatic heterocycles. The highest BCUT2D eigenvalue weighted by Gasteiger charge is 2.19. The van der Waals surface area contributed by atoms with Gasteiger partial charge in [-0.3, -0.25) is 4.79 Å². The molecule has 0 aliphatic heterocycles. The molecule has 0 saturated carbocycles. The van der Waals surface area contributed by atoms with Crippen LogP contribution in [0.4, 0.5) is 0 Å². The normalized spacial score (nSPS) is 10.8. The fourth-order valence-electron chi connectivity index (χ4n) is 2.47. The van der Waals surface area contributed by atoms with E-state index in [2.05, 4.69) is 17.2 Å². The smallest absolute Gasteiger partial charge is 0.155 e. The number of aldehydes is 1. The first-order chi connectivity index (χ1) is 9.49. The summed E-state index contributed by atoms with van der Waals surface area (Å²) in [6.45, 7) is 6.31. The zero-order chi connectivity index (χ0) is 14.9. The molecule has 106 valence electrons. The topological polar surface area (TPSA) is 44.1 Å². The Bertz CT molecular complexity index is 639. The number of benzene rings is 1. The molecule has 1 aromatic carbocycles. The molecule has 0 fully saturated rings. The maximum Gasteiger partial charge on any atom is 0.155 e. The molecule has 0 N–H and O–H groups in total. The van der Waals surface area contributed by atoms with Gasteiger partial charge in [-0.2, -0.15) is 5.10 Å². The molecular formula is C15H17ClN2O2. The molecular weight excluding hydrogens is 276 g/mol. The maximum absolute atomic E-state index is 11.2. The molecule has 0 amide bonds. The van der Waals surface area contributed by atoms with Crippen molar-refractivity contribution < 1.29 is 9.53 Å². The van der Waals surface area contributed by atoms with Gasteiger partial charge in [0.2, 0.25) is 0 Å². The van der Waals surface area contributed by atoms with E-state index in [9.17, 15) is 4.79 Å². The van der Waals surface area contributed by atoms with Crippen molar-refractivity contribution in [3.05, 3.63) is 45.2 Å². The zero-order valence-electron chi connectivity index (χ0n) is 12.0. The van der Waals surface area contributed by atoms with Crippen molar-refractivity contribution in [3.8, 4) is 5.69 Å². The summed E-state index contributed by atoms with van der Waals surface area (Å²) in [5.41, 5.74) is 5.15. The average molecular weight is 293 g/mol. The molecule has 1 heterocycles. The minimum absolute atomic E-state index is 0.255. The Morgan fingerprint density at radius 1 is 1.30 bits per heavy atom. The van der Waals surface area contributed by atoms with Crippen LogP contribution in [0.2, 0.25) is 5.15 Å². The molecule has 4 nitrogen and oxygen atoms in total. The van der Waals surface area contributed by atoms with Gasteiger partial charge in [0.25, 0.3) is 0 Å². The molecule has 0 unspecified atom stereocenters. The lowest BCUT2D eigenvalue weighted by Gasteiger charge is -2.12. The Hall–Kier alpha value is -1.65. The van der Waals surface area contributed by atoms with E-state index in [0.29, 0.717) is 16.4 Å². The number of hydrogen-bond acceptors (Lipinski definition) is 3. The van der Waals surface area contributed by atoms with Gasteiger partial charge in [0.05, 0.1) is 17.9 Å². The molecule has 20 heavy (non-hydrogen) atoms. The number of carbonyl (C=O) groups excluding carboxylic acids is 1. The Morgan fingerprint density at radius 3 is 2.40 bits per heavy atom. The highest BCUT2D eigenvalue weighted by atomic mass is 35.5. The molecule has 0 atom stereocenters. The Labute approximate surface area is 123 Å². The van der Waals surface area contributed by atoms with E-state index in [1.54, 1.807) is 11.8 Å². The molecule has 5 heteroatoms. The third-order valence-electron chi connectivity index (χ3n) is 3.19. The van der Waals surface area contributed by atoms with Crippen LogP contribution in [0, 0.1) is 20.8 Å². The molecule has 0 spiro atoms. The first-order valence-corrected chi connectivity index (χ1v) is 6.67. The Kier molecular flexibility index (Phi) is 4.26. The summed E-state index contributed by atoms with van der Waals surface area (Å²) in [4.78, 5) is 11.2. The summed E-state index contributed by atoms with van der Waals surface area (Å²) >= 11 is 6.30. The van der Waals surface area contributed by atoms with Crippen LogP contribution in [0.1, 0.15) is 32.7 Å². The number of hydrogen-bond donors (Lipinski definition) is 0. The summed E-state index contributed by atoms with van der Waals surface area (Å²) < 4.78 is 6.68. The molecule has 0 radical (unpaired) electrons. The second-order valence-electron chi connectivity index (χ2n) is 4.86. The van der Waals surface area contributed by atoms with Gasteiger partial charge < -0.3 is 4.74 Å². The summed E-state index contributed by atoms with van der Waals surface area (Å²) in [5.74, 6) is 0. The molecule has 0 aliphatic rings. The summed E-state index contributed by atoms with van der Waals surface area (Å²) in [7, 11) is 1.56. The van der Waals surface area contributed by atoms with E-state index in [1.165, 1.54) is 5.56 Å². The van der Waals surface area contributed by atoms with Gasteiger partial charge in [0, 0.05) is 7.11 Å². The average Bonchev–Trinajstić information content (AvgIpc) is 2.65. The summed E-state index contributed by atoms with van der Waals surface area (Å²) in [5, 5.41) is 4.74. The minimum Gasteiger partial charge on any atom is -0.378 e. The first kappa shape index (κ1) is 14.8. The number of carbonyl (C=O) groups is 1. The maximum atomic E-state index is 11.2. The van der Waals surface area contributed by atoms with Crippen LogP contribution in [-0.4, -0.2) is 23.2 Å². The highest BCUT2D eigenvalue weighted by Crippen LogP contribution is 2.27. The van der Waals surface area contributed by atoms with Crippen molar-refractivity contribution in [1.82, 2.24) is 9.78 Å². The van der Waals surface area contributed by atoms with Crippen molar-refractivity contribution in [1.29, 1.82) is 0 Å². The van der Waals surface area contributed by atoms with Crippen LogP contribution in [0.5, 0.6) is 0 Å². The highest BCUT2D eigenvalue weighted by molar-refractivity contribution is 6.32. The van der Waals surface area contributed by atoms with E-state index in [4.69, 9.17) is 16.3 Å². The van der Waals surface area contributed by atoms with Crippen LogP contribution >= 0.6 is 11.6 Å². The first-order valence-electron chi connectivity index (χ1n) is 6.29. The fraction of sp³-hybridized carbons (Fsp3) is 0.333. The van der Waals surface area contributed by atoms with Gasteiger partial charge in [-0.1, -0.05) is 29.3 Å². The van der Waals surface area contributed by atoms with Crippen molar-refractivity contribution in [2.24, 2.45) is 0 Å². The quantitative estimate of drug-likeness (QED) is 0.811. The molecule has 0 bridgehead atoms. The Balaban J connectivity index is 2.67. The van der Waals surface area contributed by atoms with Crippen molar-refractivity contribution in [2.75, 3.05) is 7.11 Å². The van der Waals surface area contributed by atoms with Crippen LogP contribution in [0.3, 0.4) is 0 Å². The molecule has 2 aromatic rings. The monoisotopic (exact) mass is 292 g/mol. The van der Waals surface area contributed by atoms with E-state index in [0.717, 1.165) is 23.1 Å². The molecule has 0 aliphatic carbocycles. The van der Waals surface area contributed by atoms with Crippen LogP contribution < -0.4 is 0 Å². The largest absolute Gasteiger partial charge is 0.378 e. The van der Waals surface area contributed by atoms with Gasteiger partial charge in [-0.05, 0) is 31.9 Å². The SMILES string of the molecule is COCc1nn(-c2c(C)cc(C)cc2C)c(Cl)c1C=O. The number of ether oxygens (including phenoxy) is 1. The van der Waals surface area contributed by atoms with E-state index < -0.39 is 0 Å². The number of halogens is 1. The third kappa shape index (κ3) is 2.49. The van der Waals surface area contributed by atoms with Crippen LogP contribution in [-0.2, 0) is 11.3 Å². The lowest BCUT2D eigenvalue weighted by Crippen LogP contribution is -2.03. The van der Waals surface area contributed by atoms with Crippen molar-refractivity contribution >= 4 is 17.9 Å². The number of rotatable bonds is 4. The second-order valence-corrected chi connectivity index (χ2v) is 5.22. The minimum atomic E-state index is 0.255. The van der Waals surface area contributed by atoms with Crippen LogP contribution in [0.15, 0.2) is 12.1 Å². The van der Waals surface area contributed by atoms with E-state index in [1.807, 2.05) is 20.8 Å². The van der Waals surface area contributed by atoms with Gasteiger partial charge in [0.1, 0.15) is 10.8 Å². The lowest BCUT2D eigenvalue weighted by molar-refractivity contribution is 0.111. The number of nitrogens with zero attached hydrogens (tertiary/aromatic N) is 2.